The summed E-state index contributed by atoms with van der Waals surface area (Å²) in [6.07, 6.45) is 1.42. The molecule has 20 heavy (non-hydrogen) atoms. The fourth-order valence-electron chi connectivity index (χ4n) is 2.46. The molecule has 110 valence electrons. The first-order valence-corrected chi connectivity index (χ1v) is 7.52. The molecule has 0 heterocycles. The average molecular weight is 364 g/mol. The molecule has 0 aliphatic heterocycles. The third-order valence-corrected chi connectivity index (χ3v) is 5.07. The zero-order valence-corrected chi connectivity index (χ0v) is 13.6. The molecule has 2 rings (SSSR count). The van der Waals surface area contributed by atoms with Gasteiger partial charge in [-0.15, -0.1) is 0 Å². The molecule has 5 nitrogen and oxygen atoms in total. The third kappa shape index (κ3) is 2.52. The Labute approximate surface area is 130 Å². The number of nitrogens with zero attached hydrogens (tertiary/aromatic N) is 1. The zero-order valence-electron chi connectivity index (χ0n) is 11.2. The predicted molar refractivity (Wildman–Crippen MR) is 81.2 cm³/mol. The summed E-state index contributed by atoms with van der Waals surface area (Å²) in [5.74, 6) is 0.218. The maximum Gasteiger partial charge on any atom is 0.313 e. The van der Waals surface area contributed by atoms with Crippen molar-refractivity contribution >= 4 is 33.2 Å². The van der Waals surface area contributed by atoms with E-state index in [9.17, 15) is 10.1 Å². The Morgan fingerprint density at radius 1 is 1.65 bits per heavy atom. The molecule has 7 heteroatoms. The number of nitro groups is 1. The van der Waals surface area contributed by atoms with E-state index in [1.165, 1.54) is 6.07 Å². The zero-order chi connectivity index (χ0) is 15.1. The van der Waals surface area contributed by atoms with Crippen LogP contribution in [0.2, 0.25) is 5.02 Å². The SMILES string of the molecule is CCC1(C)C(N)CC1Oc1c(Br)cc(Cl)cc1[N+](=O)[O-]. The normalized spacial score (nSPS) is 28.9. The molecule has 1 fully saturated rings. The van der Waals surface area contributed by atoms with E-state index in [0.717, 1.165) is 6.42 Å². The molecular formula is C13H16BrClN2O3. The van der Waals surface area contributed by atoms with Crippen LogP contribution >= 0.6 is 27.5 Å². The predicted octanol–water partition coefficient (Wildman–Crippen LogP) is 3.91. The fourth-order valence-corrected chi connectivity index (χ4v) is 3.35. The average Bonchev–Trinajstić information content (AvgIpc) is 2.38. The number of benzene rings is 1. The summed E-state index contributed by atoms with van der Waals surface area (Å²) in [5, 5.41) is 11.4. The summed E-state index contributed by atoms with van der Waals surface area (Å²) in [4.78, 5) is 10.6. The summed E-state index contributed by atoms with van der Waals surface area (Å²) in [6, 6.07) is 2.94. The van der Waals surface area contributed by atoms with Crippen LogP contribution < -0.4 is 10.5 Å². The molecule has 0 amide bonds. The number of rotatable bonds is 4. The maximum absolute atomic E-state index is 11.1. The molecule has 1 aromatic carbocycles. The Morgan fingerprint density at radius 2 is 2.30 bits per heavy atom. The van der Waals surface area contributed by atoms with E-state index in [-0.39, 0.29) is 29.0 Å². The number of hydrogen-bond donors (Lipinski definition) is 1. The molecule has 1 saturated carbocycles. The lowest BCUT2D eigenvalue weighted by Crippen LogP contribution is -2.61. The molecule has 1 aliphatic carbocycles. The van der Waals surface area contributed by atoms with Gasteiger partial charge in [-0.25, -0.2) is 0 Å². The Bertz CT molecular complexity index is 555. The first-order chi connectivity index (χ1) is 9.29. The van der Waals surface area contributed by atoms with Crippen LogP contribution in [0.15, 0.2) is 16.6 Å². The highest BCUT2D eigenvalue weighted by Crippen LogP contribution is 2.48. The lowest BCUT2D eigenvalue weighted by Gasteiger charge is -2.51. The Morgan fingerprint density at radius 3 is 2.80 bits per heavy atom. The molecular weight excluding hydrogens is 348 g/mol. The first-order valence-electron chi connectivity index (χ1n) is 6.35. The Kier molecular flexibility index (Phi) is 4.27. The number of hydrogen-bond acceptors (Lipinski definition) is 4. The molecule has 1 aromatic rings. The van der Waals surface area contributed by atoms with Crippen LogP contribution in [-0.4, -0.2) is 17.1 Å². The Balaban J connectivity index is 2.33. The van der Waals surface area contributed by atoms with E-state index < -0.39 is 4.92 Å². The molecule has 3 unspecified atom stereocenters. The minimum atomic E-state index is -0.492. The van der Waals surface area contributed by atoms with Crippen LogP contribution in [0.5, 0.6) is 5.75 Å². The highest BCUT2D eigenvalue weighted by atomic mass is 79.9. The highest BCUT2D eigenvalue weighted by molar-refractivity contribution is 9.10. The van der Waals surface area contributed by atoms with Crippen molar-refractivity contribution in [1.82, 2.24) is 0 Å². The van der Waals surface area contributed by atoms with Gasteiger partial charge in [-0.1, -0.05) is 25.4 Å². The standard InChI is InChI=1S/C13H16BrClN2O3/c1-3-13(2)10(16)6-11(13)20-12-8(14)4-7(15)5-9(12)17(18)19/h4-5,10-11H,3,6,16H2,1-2H3. The summed E-state index contributed by atoms with van der Waals surface area (Å²) < 4.78 is 6.36. The van der Waals surface area contributed by atoms with E-state index in [0.29, 0.717) is 15.9 Å². The van der Waals surface area contributed by atoms with Gasteiger partial charge in [0.25, 0.3) is 0 Å². The van der Waals surface area contributed by atoms with Gasteiger partial charge in [0, 0.05) is 29.0 Å². The van der Waals surface area contributed by atoms with E-state index in [2.05, 4.69) is 15.9 Å². The van der Waals surface area contributed by atoms with E-state index in [1.54, 1.807) is 6.07 Å². The second kappa shape index (κ2) is 5.50. The lowest BCUT2D eigenvalue weighted by molar-refractivity contribution is -0.386. The van der Waals surface area contributed by atoms with Gasteiger partial charge in [-0.05, 0) is 28.4 Å². The van der Waals surface area contributed by atoms with Gasteiger partial charge >= 0.3 is 5.69 Å². The topological polar surface area (TPSA) is 78.4 Å². The minimum absolute atomic E-state index is 0.0580. The van der Waals surface area contributed by atoms with Crippen molar-refractivity contribution in [1.29, 1.82) is 0 Å². The quantitative estimate of drug-likeness (QED) is 0.650. The number of ether oxygens (including phenoxy) is 1. The fraction of sp³-hybridized carbons (Fsp3) is 0.538. The number of nitro benzene ring substituents is 1. The molecule has 0 saturated heterocycles. The second-order valence-electron chi connectivity index (χ2n) is 5.30. The van der Waals surface area contributed by atoms with Crippen LogP contribution in [0.25, 0.3) is 0 Å². The van der Waals surface area contributed by atoms with E-state index in [1.807, 2.05) is 13.8 Å². The number of nitrogens with two attached hydrogens (primary N) is 1. The van der Waals surface area contributed by atoms with Gasteiger partial charge in [0.15, 0.2) is 0 Å². The molecule has 0 bridgehead atoms. The van der Waals surface area contributed by atoms with Gasteiger partial charge in [0.1, 0.15) is 6.10 Å². The first kappa shape index (κ1) is 15.5. The monoisotopic (exact) mass is 362 g/mol. The van der Waals surface area contributed by atoms with Crippen molar-refractivity contribution in [2.75, 3.05) is 0 Å². The largest absolute Gasteiger partial charge is 0.482 e. The van der Waals surface area contributed by atoms with Gasteiger partial charge in [0.2, 0.25) is 5.75 Å². The van der Waals surface area contributed by atoms with Crippen molar-refractivity contribution in [3.63, 3.8) is 0 Å². The van der Waals surface area contributed by atoms with Crippen molar-refractivity contribution in [2.45, 2.75) is 38.8 Å². The summed E-state index contributed by atoms with van der Waals surface area (Å²) in [5.41, 5.74) is 5.73. The van der Waals surface area contributed by atoms with E-state index >= 15 is 0 Å². The van der Waals surface area contributed by atoms with Gasteiger partial charge in [-0.3, -0.25) is 10.1 Å². The van der Waals surface area contributed by atoms with Gasteiger partial charge in [-0.2, -0.15) is 0 Å². The molecule has 2 N–H and O–H groups in total. The van der Waals surface area contributed by atoms with Crippen molar-refractivity contribution in [3.05, 3.63) is 31.7 Å². The van der Waals surface area contributed by atoms with Crippen molar-refractivity contribution in [3.8, 4) is 5.75 Å². The van der Waals surface area contributed by atoms with Gasteiger partial charge in [0.05, 0.1) is 9.40 Å². The maximum atomic E-state index is 11.1. The summed E-state index contributed by atoms with van der Waals surface area (Å²) in [7, 11) is 0. The second-order valence-corrected chi connectivity index (χ2v) is 6.59. The third-order valence-electron chi connectivity index (χ3n) is 4.26. The van der Waals surface area contributed by atoms with Crippen LogP contribution in [0, 0.1) is 15.5 Å². The lowest BCUT2D eigenvalue weighted by atomic mass is 9.62. The molecule has 1 aliphatic rings. The van der Waals surface area contributed by atoms with Gasteiger partial charge < -0.3 is 10.5 Å². The van der Waals surface area contributed by atoms with Crippen LogP contribution in [-0.2, 0) is 0 Å². The van der Waals surface area contributed by atoms with Crippen LogP contribution in [0.3, 0.4) is 0 Å². The van der Waals surface area contributed by atoms with Crippen LogP contribution in [0.1, 0.15) is 26.7 Å². The minimum Gasteiger partial charge on any atom is -0.482 e. The molecule has 0 aromatic heterocycles. The molecule has 3 atom stereocenters. The highest BCUT2D eigenvalue weighted by Gasteiger charge is 2.50. The molecule has 0 spiro atoms. The van der Waals surface area contributed by atoms with E-state index in [4.69, 9.17) is 22.1 Å². The van der Waals surface area contributed by atoms with Crippen molar-refractivity contribution in [2.24, 2.45) is 11.1 Å². The summed E-state index contributed by atoms with van der Waals surface area (Å²) >= 11 is 9.12. The smallest absolute Gasteiger partial charge is 0.313 e. The molecule has 0 radical (unpaired) electrons. The van der Waals surface area contributed by atoms with Crippen molar-refractivity contribution < 1.29 is 9.66 Å². The summed E-state index contributed by atoms with van der Waals surface area (Å²) in [6.45, 7) is 4.09. The Hall–Kier alpha value is -0.850. The van der Waals surface area contributed by atoms with Crippen LogP contribution in [0.4, 0.5) is 5.69 Å². The number of halogens is 2.